The minimum atomic E-state index is -0.788. The number of carbonyl (C=O) groups is 2. The molecule has 1 saturated heterocycles. The van der Waals surface area contributed by atoms with Crippen LogP contribution < -0.4 is 0 Å². The summed E-state index contributed by atoms with van der Waals surface area (Å²) in [4.78, 5) is 32.5. The fourth-order valence-electron chi connectivity index (χ4n) is 4.06. The second kappa shape index (κ2) is 14.4. The van der Waals surface area contributed by atoms with E-state index in [4.69, 9.17) is 25.9 Å². The first kappa shape index (κ1) is 28.3. The normalized spacial score (nSPS) is 21.9. The molecule has 1 aromatic rings. The largest absolute Gasteiger partial charge is 0.507 e. The highest BCUT2D eigenvalue weighted by molar-refractivity contribution is 6.33. The molecule has 200 valence electrons. The molecule has 9 nitrogen and oxygen atoms in total. The smallest absolute Gasteiger partial charge is 0.342 e. The van der Waals surface area contributed by atoms with Crippen LogP contribution in [-0.4, -0.2) is 71.7 Å². The van der Waals surface area contributed by atoms with Gasteiger partial charge in [0.25, 0.3) is 5.91 Å². The number of carbonyl (C=O) groups excluding carboxylic acids is 2. The molecule has 0 aromatic heterocycles. The highest BCUT2D eigenvalue weighted by Gasteiger charge is 2.25. The molecular formula is C27H33ClN2O7. The van der Waals surface area contributed by atoms with Crippen molar-refractivity contribution in [1.82, 2.24) is 4.90 Å². The number of aromatic hydroxyl groups is 2. The molecule has 10 heteroatoms. The Labute approximate surface area is 221 Å². The Morgan fingerprint density at radius 2 is 2.03 bits per heavy atom. The Hall–Kier alpha value is -3.30. The number of phenolic OH excluding ortho intramolecular Hbond substituents is 2. The lowest BCUT2D eigenvalue weighted by Gasteiger charge is -2.26. The summed E-state index contributed by atoms with van der Waals surface area (Å²) in [5.41, 5.74) is 0.281. The SMILES string of the molecule is C=CCOC1/C=C/CCOC(=O)c2c(O)cc(O)c(Cl)c2CC(=N/OCC(=O)N2CCCCC2)/C=C/C1. The summed E-state index contributed by atoms with van der Waals surface area (Å²) in [7, 11) is 0. The van der Waals surface area contributed by atoms with Gasteiger partial charge in [-0.05, 0) is 43.7 Å². The average molecular weight is 533 g/mol. The average Bonchev–Trinajstić information content (AvgIpc) is 2.89. The van der Waals surface area contributed by atoms with Gasteiger partial charge in [0.15, 0.2) is 6.61 Å². The fraction of sp³-hybridized carbons (Fsp3) is 0.444. The van der Waals surface area contributed by atoms with E-state index in [9.17, 15) is 19.8 Å². The minimum Gasteiger partial charge on any atom is -0.507 e. The van der Waals surface area contributed by atoms with Crippen LogP contribution in [0.15, 0.2) is 48.2 Å². The molecule has 0 aliphatic carbocycles. The van der Waals surface area contributed by atoms with Gasteiger partial charge in [0.1, 0.15) is 17.1 Å². The van der Waals surface area contributed by atoms with Crippen molar-refractivity contribution in [3.05, 3.63) is 59.2 Å². The van der Waals surface area contributed by atoms with Crippen LogP contribution in [0.25, 0.3) is 0 Å². The Balaban J connectivity index is 1.90. The van der Waals surface area contributed by atoms with Gasteiger partial charge < -0.3 is 29.4 Å². The highest BCUT2D eigenvalue weighted by atomic mass is 35.5. The Morgan fingerprint density at radius 1 is 1.24 bits per heavy atom. The van der Waals surface area contributed by atoms with Gasteiger partial charge in [-0.3, -0.25) is 4.79 Å². The van der Waals surface area contributed by atoms with Crippen LogP contribution in [0, 0.1) is 0 Å². The fourth-order valence-corrected chi connectivity index (χ4v) is 4.27. The lowest BCUT2D eigenvalue weighted by molar-refractivity contribution is -0.137. The van der Waals surface area contributed by atoms with Crippen molar-refractivity contribution in [3.8, 4) is 11.5 Å². The second-order valence-electron chi connectivity index (χ2n) is 8.71. The summed E-state index contributed by atoms with van der Waals surface area (Å²) in [6.45, 7) is 5.26. The topological polar surface area (TPSA) is 118 Å². The predicted octanol–water partition coefficient (Wildman–Crippen LogP) is 4.31. The first-order chi connectivity index (χ1) is 17.9. The number of likely N-dealkylation sites (tertiary alicyclic amines) is 1. The molecule has 2 heterocycles. The van der Waals surface area contributed by atoms with Crippen molar-refractivity contribution in [2.45, 2.75) is 44.6 Å². The van der Waals surface area contributed by atoms with E-state index in [0.29, 0.717) is 38.2 Å². The molecule has 37 heavy (non-hydrogen) atoms. The van der Waals surface area contributed by atoms with Gasteiger partial charge >= 0.3 is 5.97 Å². The predicted molar refractivity (Wildman–Crippen MR) is 140 cm³/mol. The number of oxime groups is 1. The van der Waals surface area contributed by atoms with Crippen LogP contribution >= 0.6 is 11.6 Å². The molecule has 1 unspecified atom stereocenters. The number of ether oxygens (including phenoxy) is 2. The number of rotatable bonds is 6. The van der Waals surface area contributed by atoms with Gasteiger partial charge in [0.05, 0.1) is 30.1 Å². The lowest BCUT2D eigenvalue weighted by atomic mass is 9.99. The molecule has 1 aromatic carbocycles. The number of amides is 1. The molecule has 0 saturated carbocycles. The lowest BCUT2D eigenvalue weighted by Crippen LogP contribution is -2.37. The van der Waals surface area contributed by atoms with Gasteiger partial charge in [0.2, 0.25) is 0 Å². The third-order valence-electron chi connectivity index (χ3n) is 5.94. The zero-order valence-electron chi connectivity index (χ0n) is 20.7. The molecule has 1 atom stereocenters. The summed E-state index contributed by atoms with van der Waals surface area (Å²) in [6, 6.07) is 0.993. The first-order valence-corrected chi connectivity index (χ1v) is 12.7. The van der Waals surface area contributed by atoms with E-state index < -0.39 is 17.5 Å². The molecule has 1 fully saturated rings. The van der Waals surface area contributed by atoms with Crippen molar-refractivity contribution < 1.29 is 34.1 Å². The van der Waals surface area contributed by atoms with Crippen LogP contribution in [-0.2, 0) is 25.5 Å². The molecule has 1 amide bonds. The number of phenols is 2. The van der Waals surface area contributed by atoms with E-state index >= 15 is 0 Å². The van der Waals surface area contributed by atoms with E-state index in [-0.39, 0.29) is 47.8 Å². The number of fused-ring (bicyclic) bond motifs is 1. The maximum atomic E-state index is 12.8. The standard InChI is InChI=1S/C27H33ClN2O7/c1-2-14-35-20-10-4-7-15-36-27(34)25-21(26(28)23(32)17-22(25)31)16-19(9-8-11-20)29-37-18-24(33)30-12-5-3-6-13-30/h2,4,8-10,17,20,31-32H,1,3,5-7,11-16,18H2/b9-8+,10-4+,29-19+. The van der Waals surface area contributed by atoms with Crippen molar-refractivity contribution in [1.29, 1.82) is 0 Å². The maximum absolute atomic E-state index is 12.8. The van der Waals surface area contributed by atoms with Crippen LogP contribution in [0.3, 0.4) is 0 Å². The molecular weight excluding hydrogens is 500 g/mol. The molecule has 3 rings (SSSR count). The number of nitrogens with zero attached hydrogens (tertiary/aromatic N) is 2. The van der Waals surface area contributed by atoms with E-state index in [0.717, 1.165) is 25.3 Å². The molecule has 2 N–H and O–H groups in total. The maximum Gasteiger partial charge on any atom is 0.342 e. The van der Waals surface area contributed by atoms with E-state index in [1.807, 2.05) is 18.2 Å². The van der Waals surface area contributed by atoms with Crippen molar-refractivity contribution in [2.24, 2.45) is 5.16 Å². The number of allylic oxidation sites excluding steroid dienone is 1. The van der Waals surface area contributed by atoms with Crippen molar-refractivity contribution >= 4 is 29.2 Å². The van der Waals surface area contributed by atoms with Crippen molar-refractivity contribution in [3.63, 3.8) is 0 Å². The van der Waals surface area contributed by atoms with E-state index in [1.54, 1.807) is 17.1 Å². The van der Waals surface area contributed by atoms with Gasteiger partial charge in [-0.15, -0.1) is 6.58 Å². The zero-order chi connectivity index (χ0) is 26.6. The van der Waals surface area contributed by atoms with Gasteiger partial charge in [-0.25, -0.2) is 4.79 Å². The number of hydrogen-bond donors (Lipinski definition) is 2. The zero-order valence-corrected chi connectivity index (χ0v) is 21.5. The van der Waals surface area contributed by atoms with E-state index in [1.165, 1.54) is 0 Å². The summed E-state index contributed by atoms with van der Waals surface area (Å²) in [5.74, 6) is -1.80. The molecule has 0 spiro atoms. The van der Waals surface area contributed by atoms with Gasteiger partial charge in [0, 0.05) is 25.6 Å². The van der Waals surface area contributed by atoms with Crippen LogP contribution in [0.5, 0.6) is 11.5 Å². The number of hydrogen-bond acceptors (Lipinski definition) is 8. The number of benzene rings is 1. The molecule has 2 aliphatic rings. The van der Waals surface area contributed by atoms with Gasteiger partial charge in [-0.2, -0.15) is 0 Å². The third-order valence-corrected chi connectivity index (χ3v) is 6.36. The Bertz CT molecular complexity index is 1060. The second-order valence-corrected chi connectivity index (χ2v) is 9.09. The molecule has 0 radical (unpaired) electrons. The third kappa shape index (κ3) is 8.36. The summed E-state index contributed by atoms with van der Waals surface area (Å²) < 4.78 is 11.1. The first-order valence-electron chi connectivity index (χ1n) is 12.3. The van der Waals surface area contributed by atoms with Crippen LogP contribution in [0.4, 0.5) is 0 Å². The van der Waals surface area contributed by atoms with Crippen LogP contribution in [0.2, 0.25) is 5.02 Å². The summed E-state index contributed by atoms with van der Waals surface area (Å²) in [6.07, 6.45) is 12.5. The number of piperidine rings is 1. The summed E-state index contributed by atoms with van der Waals surface area (Å²) in [5, 5.41) is 24.6. The molecule has 2 aliphatic heterocycles. The number of halogens is 1. The van der Waals surface area contributed by atoms with E-state index in [2.05, 4.69) is 11.7 Å². The Morgan fingerprint density at radius 3 is 2.78 bits per heavy atom. The monoisotopic (exact) mass is 532 g/mol. The van der Waals surface area contributed by atoms with Crippen LogP contribution in [0.1, 0.15) is 48.0 Å². The minimum absolute atomic E-state index is 0.0688. The quantitative estimate of drug-likeness (QED) is 0.318. The molecule has 0 bridgehead atoms. The highest BCUT2D eigenvalue weighted by Crippen LogP contribution is 2.37. The summed E-state index contributed by atoms with van der Waals surface area (Å²) >= 11 is 6.34. The Kier molecular flexibility index (Phi) is 11.0. The van der Waals surface area contributed by atoms with Crippen molar-refractivity contribution in [2.75, 3.05) is 32.9 Å². The number of esters is 1. The van der Waals surface area contributed by atoms with Gasteiger partial charge in [-0.1, -0.05) is 41.1 Å². The number of cyclic esters (lactones) is 1.